The van der Waals surface area contributed by atoms with Crippen molar-refractivity contribution in [2.75, 3.05) is 6.54 Å². The van der Waals surface area contributed by atoms with Gasteiger partial charge < -0.3 is 16.0 Å². The molecule has 0 aromatic rings. The van der Waals surface area contributed by atoms with Gasteiger partial charge in [-0.15, -0.1) is 0 Å². The SMILES string of the molecule is CC(=O)NCCCCC(C)NC(C)=O.CC(C)NC=O. The zero-order valence-corrected chi connectivity index (χ0v) is 13.3. The molecule has 3 amide bonds. The summed E-state index contributed by atoms with van der Waals surface area (Å²) in [5, 5.41) is 8.08. The molecular weight excluding hydrogens is 258 g/mol. The first-order valence-electron chi connectivity index (χ1n) is 7.00. The Morgan fingerprint density at radius 3 is 2.00 bits per heavy atom. The molecule has 0 aliphatic rings. The van der Waals surface area contributed by atoms with Crippen LogP contribution in [0.4, 0.5) is 0 Å². The van der Waals surface area contributed by atoms with Crippen molar-refractivity contribution in [3.63, 3.8) is 0 Å². The first kappa shape index (κ1) is 20.7. The summed E-state index contributed by atoms with van der Waals surface area (Å²) in [7, 11) is 0. The molecule has 0 rings (SSSR count). The second-order valence-corrected chi connectivity index (χ2v) is 5.02. The monoisotopic (exact) mass is 287 g/mol. The zero-order valence-electron chi connectivity index (χ0n) is 13.3. The summed E-state index contributed by atoms with van der Waals surface area (Å²) in [6.45, 7) is 9.57. The summed E-state index contributed by atoms with van der Waals surface area (Å²) in [6, 6.07) is 0.507. The summed E-state index contributed by atoms with van der Waals surface area (Å²) in [5.41, 5.74) is 0. The lowest BCUT2D eigenvalue weighted by molar-refractivity contribution is -0.120. The standard InChI is InChI=1S/C10H20N2O2.C4H9NO/c1-8(12-10(3)14)6-4-5-7-11-9(2)13;1-4(2)5-3-6/h8H,4-7H2,1-3H3,(H,11,13)(H,12,14);3-4H,1-2H3,(H,5,6). The van der Waals surface area contributed by atoms with Crippen LogP contribution in [0.5, 0.6) is 0 Å². The van der Waals surface area contributed by atoms with E-state index in [4.69, 9.17) is 0 Å². The topological polar surface area (TPSA) is 87.3 Å². The smallest absolute Gasteiger partial charge is 0.217 e. The minimum absolute atomic E-state index is 0.0133. The van der Waals surface area contributed by atoms with Gasteiger partial charge >= 0.3 is 0 Å². The van der Waals surface area contributed by atoms with Crippen LogP contribution in [0.15, 0.2) is 0 Å². The molecule has 0 spiro atoms. The van der Waals surface area contributed by atoms with Crippen molar-refractivity contribution < 1.29 is 14.4 Å². The van der Waals surface area contributed by atoms with Crippen LogP contribution in [0.3, 0.4) is 0 Å². The molecule has 6 heteroatoms. The van der Waals surface area contributed by atoms with E-state index >= 15 is 0 Å². The fourth-order valence-electron chi connectivity index (χ4n) is 1.40. The molecule has 0 fully saturated rings. The third kappa shape index (κ3) is 21.7. The van der Waals surface area contributed by atoms with Crippen molar-refractivity contribution in [1.29, 1.82) is 0 Å². The Labute approximate surface area is 122 Å². The molecule has 0 bridgehead atoms. The molecule has 1 atom stereocenters. The molecule has 6 nitrogen and oxygen atoms in total. The van der Waals surface area contributed by atoms with E-state index in [0.717, 1.165) is 25.8 Å². The van der Waals surface area contributed by atoms with E-state index in [-0.39, 0.29) is 23.9 Å². The molecule has 0 saturated heterocycles. The number of hydrogen-bond acceptors (Lipinski definition) is 3. The van der Waals surface area contributed by atoms with E-state index in [1.807, 2.05) is 20.8 Å². The highest BCUT2D eigenvalue weighted by Crippen LogP contribution is 1.99. The Morgan fingerprint density at radius 1 is 1.05 bits per heavy atom. The van der Waals surface area contributed by atoms with E-state index in [1.54, 1.807) is 0 Å². The molecule has 0 aromatic heterocycles. The van der Waals surface area contributed by atoms with Gasteiger partial charge in [-0.1, -0.05) is 0 Å². The van der Waals surface area contributed by atoms with Gasteiger partial charge in [0, 0.05) is 32.5 Å². The van der Waals surface area contributed by atoms with Crippen molar-refractivity contribution >= 4 is 18.2 Å². The van der Waals surface area contributed by atoms with E-state index in [1.165, 1.54) is 13.8 Å². The quantitative estimate of drug-likeness (QED) is 0.459. The lowest BCUT2D eigenvalue weighted by Crippen LogP contribution is -2.30. The van der Waals surface area contributed by atoms with Crippen LogP contribution in [-0.2, 0) is 14.4 Å². The van der Waals surface area contributed by atoms with Crippen LogP contribution in [0.25, 0.3) is 0 Å². The highest BCUT2D eigenvalue weighted by molar-refractivity contribution is 5.73. The highest BCUT2D eigenvalue weighted by Gasteiger charge is 2.02. The molecule has 20 heavy (non-hydrogen) atoms. The number of carbonyl (C=O) groups excluding carboxylic acids is 3. The number of amides is 3. The lowest BCUT2D eigenvalue weighted by Gasteiger charge is -2.11. The Morgan fingerprint density at radius 2 is 1.65 bits per heavy atom. The Kier molecular flexibility index (Phi) is 14.3. The molecule has 0 aromatic carbocycles. The maximum Gasteiger partial charge on any atom is 0.217 e. The van der Waals surface area contributed by atoms with Gasteiger partial charge in [0.05, 0.1) is 0 Å². The number of unbranched alkanes of at least 4 members (excludes halogenated alkanes) is 1. The molecular formula is C14H29N3O3. The molecule has 1 unspecified atom stereocenters. The first-order valence-corrected chi connectivity index (χ1v) is 7.00. The predicted molar refractivity (Wildman–Crippen MR) is 80.1 cm³/mol. The van der Waals surface area contributed by atoms with Crippen LogP contribution in [0, 0.1) is 0 Å². The van der Waals surface area contributed by atoms with Crippen molar-refractivity contribution in [3.05, 3.63) is 0 Å². The Hall–Kier alpha value is -1.59. The number of carbonyl (C=O) groups is 3. The molecule has 0 radical (unpaired) electrons. The van der Waals surface area contributed by atoms with Crippen molar-refractivity contribution in [2.45, 2.75) is 66.0 Å². The zero-order chi connectivity index (χ0) is 16.0. The maximum atomic E-state index is 10.7. The number of rotatable bonds is 8. The summed E-state index contributed by atoms with van der Waals surface area (Å²) >= 11 is 0. The van der Waals surface area contributed by atoms with Gasteiger partial charge in [-0.3, -0.25) is 14.4 Å². The molecule has 0 saturated carbocycles. The second kappa shape index (κ2) is 13.8. The summed E-state index contributed by atoms with van der Waals surface area (Å²) < 4.78 is 0. The molecule has 0 aliphatic heterocycles. The third-order valence-corrected chi connectivity index (χ3v) is 2.29. The highest BCUT2D eigenvalue weighted by atomic mass is 16.2. The third-order valence-electron chi connectivity index (χ3n) is 2.29. The fourth-order valence-corrected chi connectivity index (χ4v) is 1.40. The van der Waals surface area contributed by atoms with Gasteiger partial charge in [0.25, 0.3) is 0 Å². The lowest BCUT2D eigenvalue weighted by atomic mass is 10.1. The van der Waals surface area contributed by atoms with Gasteiger partial charge in [-0.05, 0) is 40.0 Å². The first-order chi connectivity index (χ1) is 9.29. The van der Waals surface area contributed by atoms with Gasteiger partial charge in [-0.2, -0.15) is 0 Å². The van der Waals surface area contributed by atoms with Crippen LogP contribution in [0.1, 0.15) is 53.9 Å². The van der Waals surface area contributed by atoms with Crippen molar-refractivity contribution in [1.82, 2.24) is 16.0 Å². The largest absolute Gasteiger partial charge is 0.357 e. The molecule has 118 valence electrons. The van der Waals surface area contributed by atoms with E-state index in [0.29, 0.717) is 6.41 Å². The minimum Gasteiger partial charge on any atom is -0.357 e. The number of nitrogens with one attached hydrogen (secondary N) is 3. The molecule has 0 aliphatic carbocycles. The predicted octanol–water partition coefficient (Wildman–Crippen LogP) is 0.958. The second-order valence-electron chi connectivity index (χ2n) is 5.02. The van der Waals surface area contributed by atoms with Gasteiger partial charge in [-0.25, -0.2) is 0 Å². The average Bonchev–Trinajstić information content (AvgIpc) is 2.27. The maximum absolute atomic E-state index is 10.7. The molecule has 0 heterocycles. The Balaban J connectivity index is 0. The molecule has 3 N–H and O–H groups in total. The number of hydrogen-bond donors (Lipinski definition) is 3. The van der Waals surface area contributed by atoms with Crippen LogP contribution >= 0.6 is 0 Å². The van der Waals surface area contributed by atoms with E-state index in [2.05, 4.69) is 16.0 Å². The van der Waals surface area contributed by atoms with Gasteiger partial charge in [0.2, 0.25) is 18.2 Å². The van der Waals surface area contributed by atoms with E-state index in [9.17, 15) is 14.4 Å². The van der Waals surface area contributed by atoms with E-state index < -0.39 is 0 Å². The van der Waals surface area contributed by atoms with Gasteiger partial charge in [0.15, 0.2) is 0 Å². The van der Waals surface area contributed by atoms with Crippen molar-refractivity contribution in [2.24, 2.45) is 0 Å². The van der Waals surface area contributed by atoms with Crippen LogP contribution in [0.2, 0.25) is 0 Å². The van der Waals surface area contributed by atoms with Crippen LogP contribution < -0.4 is 16.0 Å². The van der Waals surface area contributed by atoms with Crippen molar-refractivity contribution in [3.8, 4) is 0 Å². The van der Waals surface area contributed by atoms with Crippen LogP contribution in [-0.4, -0.2) is 36.9 Å². The normalized spacial score (nSPS) is 10.9. The minimum atomic E-state index is 0.0133. The summed E-state index contributed by atoms with van der Waals surface area (Å²) in [4.78, 5) is 30.7. The van der Waals surface area contributed by atoms with Gasteiger partial charge in [0.1, 0.15) is 0 Å². The summed E-state index contributed by atoms with van der Waals surface area (Å²) in [6.07, 6.45) is 3.63. The summed E-state index contributed by atoms with van der Waals surface area (Å²) in [5.74, 6) is 0.0271. The fraction of sp³-hybridized carbons (Fsp3) is 0.786. The Bertz CT molecular complexity index is 281. The average molecular weight is 287 g/mol.